The Hall–Kier alpha value is -3.61. The van der Waals surface area contributed by atoms with Crippen molar-refractivity contribution in [3.8, 4) is 11.4 Å². The number of alkyl halides is 3. The molecular formula is C46H65Cl5N5O12P. The molecule has 0 saturated carbocycles. The summed E-state index contributed by atoms with van der Waals surface area (Å²) in [6.07, 6.45) is 2.10. The molecule has 3 heterocycles. The first-order chi connectivity index (χ1) is 31.9. The number of furan rings is 1. The van der Waals surface area contributed by atoms with E-state index in [1.807, 2.05) is 66.7 Å². The number of carboxylic acids is 1. The Morgan fingerprint density at radius 2 is 1.72 bits per heavy atom. The van der Waals surface area contributed by atoms with Gasteiger partial charge in [0.2, 0.25) is 11.8 Å². The van der Waals surface area contributed by atoms with Crippen molar-refractivity contribution in [1.29, 1.82) is 0 Å². The Kier molecular flexibility index (Phi) is 24.3. The summed E-state index contributed by atoms with van der Waals surface area (Å²) in [5, 5.41) is 13.2. The molecule has 2 aromatic heterocycles. The minimum Gasteiger partial charge on any atom is -0.489 e. The number of aryl methyl sites for hydroxylation is 2. The maximum absolute atomic E-state index is 12.2. The van der Waals surface area contributed by atoms with Crippen LogP contribution in [-0.4, -0.2) is 110 Å². The van der Waals surface area contributed by atoms with Crippen LogP contribution < -0.4 is 21.1 Å². The largest absolute Gasteiger partial charge is 0.489 e. The molecular weight excluding hydrogens is 1020 g/mol. The highest BCUT2D eigenvalue weighted by molar-refractivity contribution is 7.57. The Labute approximate surface area is 428 Å². The normalized spacial score (nSPS) is 16.0. The summed E-state index contributed by atoms with van der Waals surface area (Å²) >= 11 is 29.3. The number of anilines is 1. The van der Waals surface area contributed by atoms with E-state index in [4.69, 9.17) is 96.8 Å². The molecule has 4 atom stereocenters. The molecule has 4 N–H and O–H groups in total. The van der Waals surface area contributed by atoms with Gasteiger partial charge in [-0.05, 0) is 83.7 Å². The minimum absolute atomic E-state index is 0.0223. The lowest BCUT2D eigenvalue weighted by molar-refractivity contribution is -0.144. The Morgan fingerprint density at radius 1 is 1.09 bits per heavy atom. The summed E-state index contributed by atoms with van der Waals surface area (Å²) in [5.74, 6) is -0.760. The van der Waals surface area contributed by atoms with Crippen LogP contribution in [0.4, 0.5) is 5.69 Å². The molecule has 1 fully saturated rings. The molecule has 4 aromatic rings. The molecule has 1 aliphatic heterocycles. The summed E-state index contributed by atoms with van der Waals surface area (Å²) < 4.78 is 38.8. The highest BCUT2D eigenvalue weighted by Crippen LogP contribution is 2.38. The van der Waals surface area contributed by atoms with Crippen LogP contribution in [0.3, 0.4) is 0 Å². The standard InChI is InChI=1S/C15H18Cl2N2O3.C15H22ClNO2.C11H13Cl2NO3.C5H12NO4P/c1-8(2)21-12-7-11(9(16)6-10(12)17)19-14(20)22-13(18-19)15(3,4)5;1-5-13-8-6-7-11(2)15(13)17(14(18)9-16)12(3)10-19-4;1-11(2)14(10(15)9(12)13)6-8(17-11)7-4-3-5-16-7;1-11(9,10)3-2-4(6)5(7)8/h6-8H,1-5H3;6-8,12H,5,9-10H2,1-4H3;3-5,8-9H,6H2,1-2H3;4H,2-3,6H2,1H3,(H,7,8)(H,9,10). The number of nitrogens with zero attached hydrogens (tertiary/aromatic N) is 4. The lowest BCUT2D eigenvalue weighted by atomic mass is 9.97. The van der Waals surface area contributed by atoms with Crippen molar-refractivity contribution in [2.75, 3.05) is 43.9 Å². The number of carbonyl (C=O) groups is 3. The number of methoxy groups -OCH3 is 1. The van der Waals surface area contributed by atoms with Crippen molar-refractivity contribution in [2.24, 2.45) is 5.73 Å². The van der Waals surface area contributed by atoms with Crippen LogP contribution in [0, 0.1) is 6.92 Å². The molecule has 69 heavy (non-hydrogen) atoms. The van der Waals surface area contributed by atoms with Gasteiger partial charge in [-0.2, -0.15) is 4.68 Å². The van der Waals surface area contributed by atoms with Crippen molar-refractivity contribution in [2.45, 2.75) is 122 Å². The third kappa shape index (κ3) is 18.8. The molecule has 2 amide bonds. The zero-order valence-electron chi connectivity index (χ0n) is 40.9. The first kappa shape index (κ1) is 61.5. The van der Waals surface area contributed by atoms with Gasteiger partial charge in [-0.3, -0.25) is 18.9 Å². The van der Waals surface area contributed by atoms with E-state index in [0.29, 0.717) is 41.3 Å². The van der Waals surface area contributed by atoms with E-state index in [-0.39, 0.29) is 59.0 Å². The summed E-state index contributed by atoms with van der Waals surface area (Å²) in [5.41, 5.74) is 7.54. The molecule has 0 radical (unpaired) electrons. The summed E-state index contributed by atoms with van der Waals surface area (Å²) in [6.45, 7) is 21.2. The first-order valence-corrected chi connectivity index (χ1v) is 26.2. The number of para-hydroxylation sites is 1. The molecule has 1 saturated heterocycles. The molecule has 17 nitrogen and oxygen atoms in total. The Morgan fingerprint density at radius 3 is 2.20 bits per heavy atom. The van der Waals surface area contributed by atoms with Gasteiger partial charge in [-0.1, -0.05) is 92.3 Å². The number of aromatic nitrogens is 2. The van der Waals surface area contributed by atoms with Gasteiger partial charge in [0.25, 0.3) is 5.91 Å². The maximum atomic E-state index is 12.2. The van der Waals surface area contributed by atoms with Gasteiger partial charge < -0.3 is 48.6 Å². The van der Waals surface area contributed by atoms with Crippen molar-refractivity contribution >= 4 is 88.8 Å². The van der Waals surface area contributed by atoms with Gasteiger partial charge in [0.15, 0.2) is 12.2 Å². The van der Waals surface area contributed by atoms with Crippen molar-refractivity contribution in [3.05, 3.63) is 92.1 Å². The van der Waals surface area contributed by atoms with Crippen molar-refractivity contribution in [1.82, 2.24) is 14.7 Å². The van der Waals surface area contributed by atoms with Crippen LogP contribution in [0.1, 0.15) is 97.6 Å². The van der Waals surface area contributed by atoms with Gasteiger partial charge in [-0.15, -0.1) is 16.7 Å². The second-order valence-electron chi connectivity index (χ2n) is 17.7. The number of carbonyl (C=O) groups excluding carboxylic acids is 2. The summed E-state index contributed by atoms with van der Waals surface area (Å²) in [4.78, 5) is 57.2. The topological polar surface area (TPSA) is 230 Å². The average molecular weight is 1090 g/mol. The molecule has 4 unspecified atom stereocenters. The Bertz CT molecular complexity index is 2400. The van der Waals surface area contributed by atoms with Gasteiger partial charge >= 0.3 is 11.7 Å². The zero-order chi connectivity index (χ0) is 52.8. The van der Waals surface area contributed by atoms with Crippen molar-refractivity contribution < 1.29 is 52.0 Å². The van der Waals surface area contributed by atoms with Crippen LogP contribution in [0.25, 0.3) is 5.69 Å². The number of benzene rings is 2. The number of hydrogen-bond donors (Lipinski definition) is 3. The van der Waals surface area contributed by atoms with Crippen LogP contribution in [0.2, 0.25) is 10.0 Å². The number of rotatable bonds is 15. The highest BCUT2D eigenvalue weighted by Gasteiger charge is 2.45. The molecule has 386 valence electrons. The third-order valence-electron chi connectivity index (χ3n) is 9.87. The fourth-order valence-electron chi connectivity index (χ4n) is 6.51. The minimum atomic E-state index is -3.10. The van der Waals surface area contributed by atoms with Gasteiger partial charge in [0.05, 0.1) is 53.0 Å². The lowest BCUT2D eigenvalue weighted by Gasteiger charge is -2.31. The van der Waals surface area contributed by atoms with E-state index in [0.717, 1.165) is 27.9 Å². The zero-order valence-corrected chi connectivity index (χ0v) is 45.6. The second kappa shape index (κ2) is 27.3. The van der Waals surface area contributed by atoms with E-state index < -0.39 is 35.7 Å². The fraction of sp³-hybridized carbons (Fsp3) is 0.543. The smallest absolute Gasteiger partial charge is 0.442 e. The van der Waals surface area contributed by atoms with E-state index in [9.17, 15) is 23.7 Å². The van der Waals surface area contributed by atoms with Gasteiger partial charge in [-0.25, -0.2) is 4.79 Å². The predicted octanol–water partition coefficient (Wildman–Crippen LogP) is 9.79. The van der Waals surface area contributed by atoms with E-state index in [1.54, 1.807) is 44.3 Å². The van der Waals surface area contributed by atoms with Crippen LogP contribution in [0.15, 0.2) is 62.4 Å². The lowest BCUT2D eigenvalue weighted by Crippen LogP contribution is -2.45. The number of nitrogens with two attached hydrogens (primary N) is 1. The summed E-state index contributed by atoms with van der Waals surface area (Å²) in [7, 11) is -1.47. The molecule has 2 aromatic carbocycles. The maximum Gasteiger partial charge on any atom is 0.442 e. The number of halogens is 5. The predicted molar refractivity (Wildman–Crippen MR) is 271 cm³/mol. The molecule has 0 bridgehead atoms. The van der Waals surface area contributed by atoms with Crippen molar-refractivity contribution in [3.63, 3.8) is 0 Å². The molecule has 23 heteroatoms. The van der Waals surface area contributed by atoms with Crippen LogP contribution in [-0.2, 0) is 40.3 Å². The second-order valence-corrected chi connectivity index (χ2v) is 22.4. The first-order valence-electron chi connectivity index (χ1n) is 21.7. The highest BCUT2D eigenvalue weighted by atomic mass is 35.5. The molecule has 0 spiro atoms. The van der Waals surface area contributed by atoms with Gasteiger partial charge in [0.1, 0.15) is 35.3 Å². The number of hydrogen-bond acceptors (Lipinski definition) is 12. The number of ether oxygens (including phenoxy) is 3. The third-order valence-corrected chi connectivity index (χ3v) is 12.2. The summed E-state index contributed by atoms with van der Waals surface area (Å²) in [6, 6.07) is 11.7. The van der Waals surface area contributed by atoms with E-state index in [2.05, 4.69) is 18.1 Å². The molecule has 5 rings (SSSR count). The van der Waals surface area contributed by atoms with Gasteiger partial charge in [0, 0.05) is 31.4 Å². The number of amides is 2. The van der Waals surface area contributed by atoms with E-state index >= 15 is 0 Å². The molecule has 1 aliphatic rings. The molecule has 0 aliphatic carbocycles. The Balaban J connectivity index is 0.000000324. The van der Waals surface area contributed by atoms with Crippen LogP contribution in [0.5, 0.6) is 5.75 Å². The quantitative estimate of drug-likeness (QED) is 0.0743. The number of aliphatic carboxylic acids is 1. The van der Waals surface area contributed by atoms with E-state index in [1.165, 1.54) is 17.6 Å². The fourth-order valence-corrected chi connectivity index (χ4v) is 8.14. The number of carboxylic acid groups (broad SMARTS) is 1. The average Bonchev–Trinajstić information content (AvgIpc) is 4.00. The van der Waals surface area contributed by atoms with Crippen LogP contribution >= 0.6 is 65.4 Å². The monoisotopic (exact) mass is 1090 g/mol. The SMILES string of the molecule is CC(C)Oc1cc(-n2nc(C(C)(C)C)oc2=O)c(Cl)cc1Cl.CC1(C)OC(c2ccco2)CN1C(=O)C(Cl)Cl.CCc1cccc(C)c1N(C(=O)CCl)C(C)COC.CP(=O)(O)CCC(N)C(=O)O.